The maximum absolute atomic E-state index is 11.6. The van der Waals surface area contributed by atoms with Crippen molar-refractivity contribution in [3.05, 3.63) is 34.7 Å². The first-order valence-electron chi connectivity index (χ1n) is 10.1. The van der Waals surface area contributed by atoms with Gasteiger partial charge in [0.05, 0.1) is 5.69 Å². The molecule has 2 aromatic rings. The van der Waals surface area contributed by atoms with Crippen LogP contribution in [-0.4, -0.2) is 35.4 Å². The van der Waals surface area contributed by atoms with E-state index in [2.05, 4.69) is 46.5 Å². The highest BCUT2D eigenvalue weighted by atomic mass is 35.5. The van der Waals surface area contributed by atoms with Gasteiger partial charge in [0.15, 0.2) is 14.0 Å². The van der Waals surface area contributed by atoms with Gasteiger partial charge in [-0.3, -0.25) is 0 Å². The highest BCUT2D eigenvalue weighted by Crippen LogP contribution is 2.42. The Bertz CT molecular complexity index is 796. The predicted molar refractivity (Wildman–Crippen MR) is 117 cm³/mol. The smallest absolute Gasteiger partial charge is 0.356 e. The highest BCUT2D eigenvalue weighted by Gasteiger charge is 2.44. The van der Waals surface area contributed by atoms with Gasteiger partial charge in [0.1, 0.15) is 5.65 Å². The van der Waals surface area contributed by atoms with Crippen molar-refractivity contribution in [3.63, 3.8) is 0 Å². The molecule has 0 unspecified atom stereocenters. The fourth-order valence-electron chi connectivity index (χ4n) is 4.62. The maximum atomic E-state index is 11.6. The van der Waals surface area contributed by atoms with Gasteiger partial charge in [0, 0.05) is 23.9 Å². The van der Waals surface area contributed by atoms with Crippen LogP contribution in [0, 0.1) is 0 Å². The van der Waals surface area contributed by atoms with Crippen LogP contribution in [0.5, 0.6) is 0 Å². The minimum atomic E-state index is -1.85. The first-order valence-corrected chi connectivity index (χ1v) is 12.7. The van der Waals surface area contributed by atoms with Crippen molar-refractivity contribution >= 4 is 31.5 Å². The molecule has 0 saturated heterocycles. The van der Waals surface area contributed by atoms with Crippen LogP contribution in [0.3, 0.4) is 0 Å². The summed E-state index contributed by atoms with van der Waals surface area (Å²) in [6.45, 7) is 14.4. The van der Waals surface area contributed by atoms with Crippen molar-refractivity contribution in [2.75, 3.05) is 6.61 Å². The van der Waals surface area contributed by atoms with Crippen LogP contribution in [0.4, 0.5) is 0 Å². The number of unbranched alkanes of at least 4 members (excludes halogenated alkanes) is 1. The van der Waals surface area contributed by atoms with Gasteiger partial charge >= 0.3 is 5.97 Å². The number of hydrogen-bond donors (Lipinski definition) is 1. The van der Waals surface area contributed by atoms with E-state index >= 15 is 0 Å². The minimum absolute atomic E-state index is 0.110. The lowest BCUT2D eigenvalue weighted by Gasteiger charge is -2.42. The molecule has 156 valence electrons. The van der Waals surface area contributed by atoms with E-state index in [1.165, 1.54) is 0 Å². The van der Waals surface area contributed by atoms with Gasteiger partial charge in [-0.2, -0.15) is 0 Å². The fourth-order valence-corrected chi connectivity index (χ4v) is 10.3. The van der Waals surface area contributed by atoms with Crippen molar-refractivity contribution in [1.82, 2.24) is 9.38 Å². The Hall–Kier alpha value is -1.37. The third kappa shape index (κ3) is 4.61. The molecule has 0 bridgehead atoms. The molecule has 0 amide bonds. The highest BCUT2D eigenvalue weighted by molar-refractivity contribution is 6.77. The molecule has 0 spiro atoms. The monoisotopic (exact) mass is 424 g/mol. The molecule has 1 N–H and O–H groups in total. The molecule has 5 nitrogen and oxygen atoms in total. The van der Waals surface area contributed by atoms with E-state index in [1.54, 1.807) is 18.3 Å². The number of halogens is 1. The van der Waals surface area contributed by atoms with Crippen LogP contribution in [0.1, 0.15) is 70.6 Å². The fraction of sp³-hybridized carbons (Fsp3) is 0.619. The lowest BCUT2D eigenvalue weighted by atomic mass is 10.1. The SMILES string of the molecule is CC(C)[Si](OCCCCc1c(C(=O)O)nc2cc(Cl)ccn12)(C(C)C)C(C)C. The normalized spacial score (nSPS) is 12.6. The zero-order chi connectivity index (χ0) is 21.1. The van der Waals surface area contributed by atoms with Crippen LogP contribution in [0.25, 0.3) is 5.65 Å². The summed E-state index contributed by atoms with van der Waals surface area (Å²) in [5.74, 6) is -1.00. The van der Waals surface area contributed by atoms with Gasteiger partial charge in [0.25, 0.3) is 0 Å². The molecule has 0 aliphatic heterocycles. The van der Waals surface area contributed by atoms with E-state index in [9.17, 15) is 9.90 Å². The molecule has 7 heteroatoms. The molecule has 2 aromatic heterocycles. The molecule has 0 aliphatic rings. The van der Waals surface area contributed by atoms with E-state index < -0.39 is 14.3 Å². The first-order chi connectivity index (χ1) is 13.1. The van der Waals surface area contributed by atoms with Gasteiger partial charge in [-0.05, 0) is 42.0 Å². The molecule has 2 rings (SSSR count). The Balaban J connectivity index is 2.06. The summed E-state index contributed by atoms with van der Waals surface area (Å²) in [5.41, 5.74) is 3.10. The molecular weight excluding hydrogens is 392 g/mol. The van der Waals surface area contributed by atoms with Crippen molar-refractivity contribution < 1.29 is 14.3 Å². The predicted octanol–water partition coefficient (Wildman–Crippen LogP) is 6.20. The average molecular weight is 425 g/mol. The molecule has 2 heterocycles. The number of aryl methyl sites for hydroxylation is 1. The largest absolute Gasteiger partial charge is 0.476 e. The molecule has 28 heavy (non-hydrogen) atoms. The van der Waals surface area contributed by atoms with Gasteiger partial charge in [-0.15, -0.1) is 0 Å². The van der Waals surface area contributed by atoms with Crippen LogP contribution < -0.4 is 0 Å². The standard InChI is InChI=1S/C21H33ClN2O3Si/c1-14(2)28(15(3)4,16(5)6)27-12-8-7-9-18-20(21(25)26)23-19-13-17(22)10-11-24(18)19/h10-11,13-16H,7-9,12H2,1-6H3,(H,25,26). The summed E-state index contributed by atoms with van der Waals surface area (Å²) >= 11 is 6.01. The molecule has 0 aromatic carbocycles. The summed E-state index contributed by atoms with van der Waals surface area (Å²) in [6, 6.07) is 3.44. The number of hydrogen-bond acceptors (Lipinski definition) is 3. The van der Waals surface area contributed by atoms with Gasteiger partial charge in [0.2, 0.25) is 0 Å². The number of pyridine rings is 1. The van der Waals surface area contributed by atoms with E-state index in [4.69, 9.17) is 16.0 Å². The van der Waals surface area contributed by atoms with E-state index in [0.717, 1.165) is 25.1 Å². The zero-order valence-electron chi connectivity index (χ0n) is 17.8. The maximum Gasteiger partial charge on any atom is 0.356 e. The second-order valence-corrected chi connectivity index (χ2v) is 14.3. The Labute approximate surface area is 174 Å². The number of carboxylic acid groups (broad SMARTS) is 1. The summed E-state index contributed by atoms with van der Waals surface area (Å²) in [6.07, 6.45) is 4.20. The Morgan fingerprint density at radius 1 is 1.18 bits per heavy atom. The summed E-state index contributed by atoms with van der Waals surface area (Å²) in [5, 5.41) is 10.0. The Morgan fingerprint density at radius 3 is 2.32 bits per heavy atom. The zero-order valence-corrected chi connectivity index (χ0v) is 19.6. The molecule has 0 atom stereocenters. The summed E-state index contributed by atoms with van der Waals surface area (Å²) < 4.78 is 8.42. The first kappa shape index (κ1) is 22.9. The van der Waals surface area contributed by atoms with E-state index in [0.29, 0.717) is 33.7 Å². The van der Waals surface area contributed by atoms with Gasteiger partial charge in [-0.1, -0.05) is 53.1 Å². The number of carboxylic acids is 1. The lowest BCUT2D eigenvalue weighted by molar-refractivity contribution is 0.0690. The second kappa shape index (κ2) is 9.42. The third-order valence-corrected chi connectivity index (χ3v) is 12.1. The number of fused-ring (bicyclic) bond motifs is 1. The van der Waals surface area contributed by atoms with Crippen molar-refractivity contribution in [3.8, 4) is 0 Å². The topological polar surface area (TPSA) is 63.8 Å². The van der Waals surface area contributed by atoms with Gasteiger partial charge in [-0.25, -0.2) is 9.78 Å². The molecule has 0 saturated carbocycles. The molecule has 0 aliphatic carbocycles. The number of aromatic nitrogens is 2. The van der Waals surface area contributed by atoms with E-state index in [1.807, 2.05) is 4.40 Å². The average Bonchev–Trinajstić information content (AvgIpc) is 2.94. The molecule has 0 radical (unpaired) electrons. The number of carbonyl (C=O) groups is 1. The number of imidazole rings is 1. The van der Waals surface area contributed by atoms with E-state index in [-0.39, 0.29) is 5.69 Å². The molecular formula is C21H33ClN2O3Si. The van der Waals surface area contributed by atoms with Crippen molar-refractivity contribution in [2.45, 2.75) is 77.4 Å². The summed E-state index contributed by atoms with van der Waals surface area (Å²) in [7, 11) is -1.85. The number of nitrogens with zero attached hydrogens (tertiary/aromatic N) is 2. The van der Waals surface area contributed by atoms with Crippen LogP contribution in [-0.2, 0) is 10.8 Å². The third-order valence-electron chi connectivity index (χ3n) is 5.76. The molecule has 0 fully saturated rings. The van der Waals surface area contributed by atoms with Crippen LogP contribution in [0.2, 0.25) is 21.6 Å². The number of rotatable bonds is 10. The van der Waals surface area contributed by atoms with Gasteiger partial charge < -0.3 is 13.9 Å². The minimum Gasteiger partial charge on any atom is -0.476 e. The Morgan fingerprint density at radius 2 is 1.79 bits per heavy atom. The van der Waals surface area contributed by atoms with Crippen LogP contribution in [0.15, 0.2) is 18.3 Å². The Kier molecular flexibility index (Phi) is 7.71. The summed E-state index contributed by atoms with van der Waals surface area (Å²) in [4.78, 5) is 15.8. The quantitative estimate of drug-likeness (QED) is 0.364. The second-order valence-electron chi connectivity index (χ2n) is 8.41. The lowest BCUT2D eigenvalue weighted by Crippen LogP contribution is -2.47. The van der Waals surface area contributed by atoms with Crippen molar-refractivity contribution in [1.29, 1.82) is 0 Å². The number of aromatic carboxylic acids is 1. The van der Waals surface area contributed by atoms with Crippen LogP contribution >= 0.6 is 11.6 Å². The van der Waals surface area contributed by atoms with Crippen molar-refractivity contribution in [2.24, 2.45) is 0 Å².